The lowest BCUT2D eigenvalue weighted by Gasteiger charge is -2.24. The Morgan fingerprint density at radius 1 is 0.418 bits per heavy atom. The second kappa shape index (κ2) is 12.7. The van der Waals surface area contributed by atoms with E-state index in [9.17, 15) is 0 Å². The second-order valence-electron chi connectivity index (χ2n) is 14.1. The summed E-state index contributed by atoms with van der Waals surface area (Å²) in [5.74, 6) is 1.47. The third-order valence-corrected chi connectivity index (χ3v) is 10.9. The Hall–Kier alpha value is -7.30. The van der Waals surface area contributed by atoms with Crippen LogP contribution >= 0.6 is 0 Å². The molecule has 11 rings (SSSR count). The van der Waals surface area contributed by atoms with E-state index in [0.29, 0.717) is 5.84 Å². The summed E-state index contributed by atoms with van der Waals surface area (Å²) in [5.41, 5.74) is 9.21. The van der Waals surface area contributed by atoms with Crippen LogP contribution in [0.1, 0.15) is 22.9 Å². The molecule has 0 bridgehead atoms. The van der Waals surface area contributed by atoms with Crippen LogP contribution < -0.4 is 5.32 Å². The average molecular weight is 704 g/mol. The van der Waals surface area contributed by atoms with Crippen LogP contribution in [0, 0.1) is 0 Å². The van der Waals surface area contributed by atoms with Crippen LogP contribution in [0.2, 0.25) is 0 Å². The molecule has 1 atom stereocenters. The minimum atomic E-state index is -0.398. The first-order valence-corrected chi connectivity index (χ1v) is 18.7. The van der Waals surface area contributed by atoms with Crippen molar-refractivity contribution in [3.05, 3.63) is 205 Å². The predicted octanol–water partition coefficient (Wildman–Crippen LogP) is 12.9. The van der Waals surface area contributed by atoms with Gasteiger partial charge in [-0.25, -0.2) is 9.98 Å². The highest BCUT2D eigenvalue weighted by Gasteiger charge is 2.25. The maximum absolute atomic E-state index is 6.81. The number of nitrogens with one attached hydrogen (secondary N) is 1. The average Bonchev–Trinajstić information content (AvgIpc) is 3.66. The number of aliphatic imine (C=N–C) groups is 2. The van der Waals surface area contributed by atoms with Crippen molar-refractivity contribution in [2.24, 2.45) is 9.98 Å². The van der Waals surface area contributed by atoms with E-state index in [1.807, 2.05) is 24.3 Å². The molecule has 55 heavy (non-hydrogen) atoms. The summed E-state index contributed by atoms with van der Waals surface area (Å²) in [7, 11) is 0. The molecule has 0 fully saturated rings. The number of hydrogen-bond acceptors (Lipinski definition) is 4. The number of rotatable bonds is 5. The zero-order chi connectivity index (χ0) is 36.3. The van der Waals surface area contributed by atoms with Crippen molar-refractivity contribution in [2.45, 2.75) is 6.17 Å². The fourth-order valence-corrected chi connectivity index (χ4v) is 8.33. The molecule has 4 nitrogen and oxygen atoms in total. The summed E-state index contributed by atoms with van der Waals surface area (Å²) in [5, 5.41) is 13.4. The lowest BCUT2D eigenvalue weighted by atomic mass is 9.91. The summed E-state index contributed by atoms with van der Waals surface area (Å²) < 4.78 is 6.81. The van der Waals surface area contributed by atoms with Crippen molar-refractivity contribution in [3.63, 3.8) is 0 Å². The van der Waals surface area contributed by atoms with Gasteiger partial charge in [0, 0.05) is 33.0 Å². The highest BCUT2D eigenvalue weighted by molar-refractivity contribution is 6.26. The largest absolute Gasteiger partial charge is 0.455 e. The van der Waals surface area contributed by atoms with Crippen LogP contribution in [0.4, 0.5) is 0 Å². The Morgan fingerprint density at radius 3 is 1.67 bits per heavy atom. The van der Waals surface area contributed by atoms with Gasteiger partial charge in [-0.2, -0.15) is 0 Å². The minimum Gasteiger partial charge on any atom is -0.455 e. The summed E-state index contributed by atoms with van der Waals surface area (Å²) in [6.45, 7) is 0. The molecule has 10 aromatic rings. The minimum absolute atomic E-state index is 0.398. The fourth-order valence-electron chi connectivity index (χ4n) is 8.33. The Labute approximate surface area is 317 Å². The Balaban J connectivity index is 1.05. The van der Waals surface area contributed by atoms with Crippen molar-refractivity contribution < 1.29 is 4.42 Å². The van der Waals surface area contributed by atoms with E-state index in [-0.39, 0.29) is 0 Å². The maximum atomic E-state index is 6.81. The summed E-state index contributed by atoms with van der Waals surface area (Å²) in [4.78, 5) is 10.3. The number of fused-ring (bicyclic) bond motifs is 9. The maximum Gasteiger partial charge on any atom is 0.159 e. The van der Waals surface area contributed by atoms with Crippen molar-refractivity contribution in [3.8, 4) is 22.3 Å². The van der Waals surface area contributed by atoms with Crippen LogP contribution in [-0.2, 0) is 0 Å². The van der Waals surface area contributed by atoms with Gasteiger partial charge in [0.15, 0.2) is 5.84 Å². The lowest BCUT2D eigenvalue weighted by Crippen LogP contribution is -2.33. The molecular formula is C51H33N3O. The van der Waals surface area contributed by atoms with Gasteiger partial charge in [-0.1, -0.05) is 176 Å². The molecule has 9 aromatic carbocycles. The molecule has 2 heterocycles. The standard InChI is InChI=1S/C51H33N3O/c1-3-13-32(14-4-1)33-25-27-35(28-26-33)50-52-49(34-15-5-2-6-16-34)53-51(54-50)44-23-12-24-46-47(44)43-22-11-21-37(48(43)55-46)36-29-30-42-40-19-8-7-17-38(40)39-18-9-10-20-41(39)45(42)31-36/h1-31,51H,(H,52,53,54). The molecule has 1 N–H and O–H groups in total. The second-order valence-corrected chi connectivity index (χ2v) is 14.1. The smallest absolute Gasteiger partial charge is 0.159 e. The first kappa shape index (κ1) is 31.2. The summed E-state index contributed by atoms with van der Waals surface area (Å²) in [6.07, 6.45) is -0.398. The molecule has 0 saturated heterocycles. The highest BCUT2D eigenvalue weighted by atomic mass is 16.3. The third kappa shape index (κ3) is 5.22. The first-order valence-electron chi connectivity index (χ1n) is 18.7. The Kier molecular flexibility index (Phi) is 7.20. The van der Waals surface area contributed by atoms with Crippen LogP contribution in [0.5, 0.6) is 0 Å². The molecule has 0 spiro atoms. The van der Waals surface area contributed by atoms with Crippen molar-refractivity contribution in [1.82, 2.24) is 5.32 Å². The van der Waals surface area contributed by atoms with Crippen molar-refractivity contribution in [1.29, 1.82) is 0 Å². The number of nitrogens with zero attached hydrogens (tertiary/aromatic N) is 2. The molecule has 0 radical (unpaired) electrons. The SMILES string of the molecule is c1ccc(C2=NC(c3cccc4oc5c(-c6ccc7c8ccccc8c8ccccc8c7c6)cccc5c34)NC(c3ccc(-c4ccccc4)cc3)=N2)cc1. The summed E-state index contributed by atoms with van der Waals surface area (Å²) in [6, 6.07) is 66.2. The van der Waals surface area contributed by atoms with Gasteiger partial charge in [-0.05, 0) is 61.1 Å². The van der Waals surface area contributed by atoms with Crippen molar-refractivity contribution >= 4 is 65.9 Å². The van der Waals surface area contributed by atoms with Crippen LogP contribution in [0.15, 0.2) is 202 Å². The molecule has 1 unspecified atom stereocenters. The Morgan fingerprint density at radius 2 is 0.964 bits per heavy atom. The van der Waals surface area contributed by atoms with E-state index >= 15 is 0 Å². The normalized spacial score (nSPS) is 14.4. The van der Waals surface area contributed by atoms with Crippen LogP contribution in [-0.4, -0.2) is 11.7 Å². The molecule has 0 saturated carbocycles. The molecule has 1 aromatic heterocycles. The lowest BCUT2D eigenvalue weighted by molar-refractivity contribution is 0.663. The van der Waals surface area contributed by atoms with E-state index in [1.54, 1.807) is 0 Å². The first-order chi connectivity index (χ1) is 27.3. The number of furan rings is 1. The van der Waals surface area contributed by atoms with Gasteiger partial charge in [-0.3, -0.25) is 0 Å². The van der Waals surface area contributed by atoms with E-state index in [4.69, 9.17) is 14.4 Å². The van der Waals surface area contributed by atoms with Gasteiger partial charge < -0.3 is 9.73 Å². The predicted molar refractivity (Wildman–Crippen MR) is 229 cm³/mol. The number of benzene rings is 9. The van der Waals surface area contributed by atoms with Gasteiger partial charge in [0.05, 0.1) is 0 Å². The van der Waals surface area contributed by atoms with E-state index in [0.717, 1.165) is 61.2 Å². The quantitative estimate of drug-likeness (QED) is 0.181. The van der Waals surface area contributed by atoms with Crippen LogP contribution in [0.25, 0.3) is 76.5 Å². The van der Waals surface area contributed by atoms with E-state index < -0.39 is 6.17 Å². The number of para-hydroxylation sites is 1. The van der Waals surface area contributed by atoms with Gasteiger partial charge in [0.2, 0.25) is 0 Å². The molecule has 0 aliphatic carbocycles. The molecular weight excluding hydrogens is 671 g/mol. The molecule has 258 valence electrons. The zero-order valence-corrected chi connectivity index (χ0v) is 29.8. The van der Waals surface area contributed by atoms with Crippen LogP contribution in [0.3, 0.4) is 0 Å². The van der Waals surface area contributed by atoms with E-state index in [1.165, 1.54) is 37.9 Å². The molecule has 1 aliphatic rings. The number of hydrogen-bond donors (Lipinski definition) is 1. The highest BCUT2D eigenvalue weighted by Crippen LogP contribution is 2.42. The molecule has 0 amide bonds. The molecule has 1 aliphatic heterocycles. The van der Waals surface area contributed by atoms with Gasteiger partial charge >= 0.3 is 0 Å². The zero-order valence-electron chi connectivity index (χ0n) is 29.8. The van der Waals surface area contributed by atoms with E-state index in [2.05, 4.69) is 169 Å². The summed E-state index contributed by atoms with van der Waals surface area (Å²) >= 11 is 0. The fraction of sp³-hybridized carbons (Fsp3) is 0.0196. The molecule has 4 heteroatoms. The third-order valence-electron chi connectivity index (χ3n) is 10.9. The topological polar surface area (TPSA) is 49.9 Å². The van der Waals surface area contributed by atoms with Crippen molar-refractivity contribution in [2.75, 3.05) is 0 Å². The monoisotopic (exact) mass is 703 g/mol. The van der Waals surface area contributed by atoms with Gasteiger partial charge in [-0.15, -0.1) is 0 Å². The van der Waals surface area contributed by atoms with Gasteiger partial charge in [0.25, 0.3) is 0 Å². The van der Waals surface area contributed by atoms with Gasteiger partial charge in [0.1, 0.15) is 23.2 Å². The number of amidine groups is 2. The Bertz CT molecular complexity index is 3120.